The van der Waals surface area contributed by atoms with Gasteiger partial charge in [0.15, 0.2) is 0 Å². The molecule has 152 valence electrons. The Hall–Kier alpha value is -3.90. The summed E-state index contributed by atoms with van der Waals surface area (Å²) in [5, 5.41) is 23.0. The van der Waals surface area contributed by atoms with Crippen molar-refractivity contribution in [1.29, 1.82) is 0 Å². The minimum atomic E-state index is 0.102. The molecule has 1 aliphatic rings. The molecule has 0 atom stereocenters. The molecule has 0 saturated heterocycles. The molecule has 4 aromatic rings. The van der Waals surface area contributed by atoms with Crippen LogP contribution < -0.4 is 4.74 Å². The van der Waals surface area contributed by atoms with Gasteiger partial charge in [0.1, 0.15) is 17.2 Å². The number of aromatic hydroxyl groups is 2. The van der Waals surface area contributed by atoms with Gasteiger partial charge in [-0.3, -0.25) is 0 Å². The maximum Gasteiger partial charge on any atom is 0.130 e. The average molecular weight is 406 g/mol. The largest absolute Gasteiger partial charge is 0.507 e. The van der Waals surface area contributed by atoms with E-state index in [1.165, 1.54) is 11.1 Å². The first-order valence-electron chi connectivity index (χ1n) is 10.4. The van der Waals surface area contributed by atoms with Crippen LogP contribution in [0.5, 0.6) is 17.2 Å². The summed E-state index contributed by atoms with van der Waals surface area (Å²) in [7, 11) is 0. The maximum absolute atomic E-state index is 11.0. The monoisotopic (exact) mass is 406 g/mol. The highest BCUT2D eigenvalue weighted by molar-refractivity contribution is 5.92. The lowest BCUT2D eigenvalue weighted by atomic mass is 9.96. The molecule has 0 amide bonds. The Bertz CT molecular complexity index is 1330. The maximum atomic E-state index is 11.0. The third-order valence-corrected chi connectivity index (χ3v) is 5.70. The van der Waals surface area contributed by atoms with E-state index in [2.05, 4.69) is 30.0 Å². The van der Waals surface area contributed by atoms with Crippen LogP contribution in [-0.4, -0.2) is 16.8 Å². The van der Waals surface area contributed by atoms with Gasteiger partial charge in [0.05, 0.1) is 6.61 Å². The predicted molar refractivity (Wildman–Crippen MR) is 123 cm³/mol. The van der Waals surface area contributed by atoms with E-state index >= 15 is 0 Å². The van der Waals surface area contributed by atoms with Crippen LogP contribution in [0.2, 0.25) is 0 Å². The molecular formula is C28H22O3. The summed E-state index contributed by atoms with van der Waals surface area (Å²) in [6, 6.07) is 23.6. The van der Waals surface area contributed by atoms with E-state index < -0.39 is 0 Å². The lowest BCUT2D eigenvalue weighted by Gasteiger charge is -2.12. The summed E-state index contributed by atoms with van der Waals surface area (Å²) in [6.07, 6.45) is 2.02. The van der Waals surface area contributed by atoms with Crippen molar-refractivity contribution in [3.8, 4) is 29.1 Å². The summed E-state index contributed by atoms with van der Waals surface area (Å²) in [5.74, 6) is 7.52. The third kappa shape index (κ3) is 3.93. The van der Waals surface area contributed by atoms with Crippen LogP contribution in [0.25, 0.3) is 10.8 Å². The Morgan fingerprint density at radius 1 is 0.871 bits per heavy atom. The Balaban J connectivity index is 1.46. The van der Waals surface area contributed by atoms with Crippen LogP contribution in [0.3, 0.4) is 0 Å². The van der Waals surface area contributed by atoms with Crippen molar-refractivity contribution >= 4 is 10.8 Å². The van der Waals surface area contributed by atoms with Gasteiger partial charge in [-0.05, 0) is 46.3 Å². The second kappa shape index (κ2) is 8.08. The second-order valence-corrected chi connectivity index (χ2v) is 7.84. The quantitative estimate of drug-likeness (QED) is 0.450. The number of rotatable bonds is 3. The van der Waals surface area contributed by atoms with Crippen molar-refractivity contribution in [2.45, 2.75) is 19.3 Å². The van der Waals surface area contributed by atoms with Crippen molar-refractivity contribution in [3.63, 3.8) is 0 Å². The SMILES string of the molecule is Oc1cc2ccc(C#CCc3ccccc3)cc2c(O)c1Cc1ccc2c(c1)CCO2. The average Bonchev–Trinajstić information content (AvgIpc) is 3.26. The minimum absolute atomic E-state index is 0.102. The van der Waals surface area contributed by atoms with Crippen LogP contribution in [-0.2, 0) is 19.3 Å². The number of ether oxygens (including phenoxy) is 1. The highest BCUT2D eigenvalue weighted by Gasteiger charge is 2.16. The minimum Gasteiger partial charge on any atom is -0.507 e. The highest BCUT2D eigenvalue weighted by Crippen LogP contribution is 2.38. The molecule has 0 unspecified atom stereocenters. The normalized spacial score (nSPS) is 12.1. The Morgan fingerprint density at radius 3 is 2.61 bits per heavy atom. The third-order valence-electron chi connectivity index (χ3n) is 5.70. The topological polar surface area (TPSA) is 49.7 Å². The number of hydrogen-bond donors (Lipinski definition) is 2. The van der Waals surface area contributed by atoms with E-state index in [1.54, 1.807) is 6.07 Å². The van der Waals surface area contributed by atoms with Crippen LogP contribution >= 0.6 is 0 Å². The molecule has 3 heteroatoms. The fourth-order valence-corrected chi connectivity index (χ4v) is 4.06. The van der Waals surface area contributed by atoms with E-state index in [-0.39, 0.29) is 11.5 Å². The number of hydrogen-bond acceptors (Lipinski definition) is 3. The molecule has 31 heavy (non-hydrogen) atoms. The van der Waals surface area contributed by atoms with E-state index in [9.17, 15) is 10.2 Å². The summed E-state index contributed by atoms with van der Waals surface area (Å²) < 4.78 is 5.57. The van der Waals surface area contributed by atoms with Crippen molar-refractivity contribution in [3.05, 3.63) is 101 Å². The number of phenolic OH excluding ortho intramolecular Hbond substituents is 2. The first kappa shape index (κ1) is 19.1. The Labute approximate surface area is 181 Å². The van der Waals surface area contributed by atoms with Crippen molar-refractivity contribution in [1.82, 2.24) is 0 Å². The Kier molecular flexibility index (Phi) is 4.98. The van der Waals surface area contributed by atoms with Gasteiger partial charge in [0, 0.05) is 35.8 Å². The zero-order chi connectivity index (χ0) is 21.2. The zero-order valence-corrected chi connectivity index (χ0v) is 17.1. The van der Waals surface area contributed by atoms with E-state index in [0.29, 0.717) is 30.4 Å². The van der Waals surface area contributed by atoms with E-state index in [0.717, 1.165) is 28.7 Å². The summed E-state index contributed by atoms with van der Waals surface area (Å²) >= 11 is 0. The van der Waals surface area contributed by atoms with Crippen molar-refractivity contribution < 1.29 is 14.9 Å². The number of phenols is 2. The Morgan fingerprint density at radius 2 is 1.74 bits per heavy atom. The number of benzene rings is 4. The first-order chi connectivity index (χ1) is 15.2. The predicted octanol–water partition coefficient (Wildman–Crippen LogP) is 5.37. The summed E-state index contributed by atoms with van der Waals surface area (Å²) in [5.41, 5.74) is 4.75. The van der Waals surface area contributed by atoms with Gasteiger partial charge in [-0.2, -0.15) is 0 Å². The van der Waals surface area contributed by atoms with Gasteiger partial charge in [-0.15, -0.1) is 0 Å². The van der Waals surface area contributed by atoms with Crippen LogP contribution in [0.1, 0.15) is 27.8 Å². The lowest BCUT2D eigenvalue weighted by Crippen LogP contribution is -1.93. The van der Waals surface area contributed by atoms with Gasteiger partial charge < -0.3 is 14.9 Å². The van der Waals surface area contributed by atoms with E-state index in [4.69, 9.17) is 4.74 Å². The molecular weight excluding hydrogens is 384 g/mol. The standard InChI is InChI=1S/C28H22O3/c29-26-18-22-11-9-20(8-4-7-19-5-2-1-3-6-19)16-24(22)28(30)25(26)17-21-10-12-27-23(15-21)13-14-31-27/h1-3,5-6,9-12,15-16,18,29-30H,7,13-14,17H2. The molecule has 4 aromatic carbocycles. The molecule has 0 aromatic heterocycles. The van der Waals surface area contributed by atoms with Crippen LogP contribution in [0.4, 0.5) is 0 Å². The molecule has 0 radical (unpaired) electrons. The molecule has 1 heterocycles. The highest BCUT2D eigenvalue weighted by atomic mass is 16.5. The van der Waals surface area contributed by atoms with Gasteiger partial charge >= 0.3 is 0 Å². The smallest absolute Gasteiger partial charge is 0.130 e. The van der Waals surface area contributed by atoms with Crippen LogP contribution in [0.15, 0.2) is 72.8 Å². The lowest BCUT2D eigenvalue weighted by molar-refractivity contribution is 0.357. The van der Waals surface area contributed by atoms with Gasteiger partial charge in [0.2, 0.25) is 0 Å². The van der Waals surface area contributed by atoms with Gasteiger partial charge in [-0.1, -0.05) is 60.4 Å². The summed E-state index contributed by atoms with van der Waals surface area (Å²) in [4.78, 5) is 0. The molecule has 0 spiro atoms. The summed E-state index contributed by atoms with van der Waals surface area (Å²) in [6.45, 7) is 0.708. The van der Waals surface area contributed by atoms with Crippen molar-refractivity contribution in [2.24, 2.45) is 0 Å². The van der Waals surface area contributed by atoms with Gasteiger partial charge in [-0.25, -0.2) is 0 Å². The second-order valence-electron chi connectivity index (χ2n) is 7.84. The molecule has 3 nitrogen and oxygen atoms in total. The fraction of sp³-hybridized carbons (Fsp3) is 0.143. The van der Waals surface area contributed by atoms with E-state index in [1.807, 2.05) is 48.5 Å². The first-order valence-corrected chi connectivity index (χ1v) is 10.4. The molecule has 0 aliphatic carbocycles. The van der Waals surface area contributed by atoms with Crippen molar-refractivity contribution in [2.75, 3.05) is 6.61 Å². The van der Waals surface area contributed by atoms with Gasteiger partial charge in [0.25, 0.3) is 0 Å². The molecule has 5 rings (SSSR count). The molecule has 2 N–H and O–H groups in total. The zero-order valence-electron chi connectivity index (χ0n) is 17.1. The molecule has 1 aliphatic heterocycles. The van der Waals surface area contributed by atoms with Crippen LogP contribution in [0, 0.1) is 11.8 Å². The molecule has 0 fully saturated rings. The fourth-order valence-electron chi connectivity index (χ4n) is 4.06. The molecule has 0 saturated carbocycles. The number of fused-ring (bicyclic) bond motifs is 2. The molecule has 0 bridgehead atoms.